The molecular weight excluding hydrogens is 447 g/mol. The van der Waals surface area contributed by atoms with E-state index in [-0.39, 0.29) is 6.61 Å². The zero-order chi connectivity index (χ0) is 23.4. The van der Waals surface area contributed by atoms with Gasteiger partial charge in [0.15, 0.2) is 0 Å². The monoisotopic (exact) mass is 472 g/mol. The number of carbonyl (C=O) groups excluding carboxylic acids is 2. The first-order chi connectivity index (χ1) is 15.9. The molecule has 2 N–H and O–H groups in total. The van der Waals surface area contributed by atoms with Crippen LogP contribution in [0.25, 0.3) is 0 Å². The summed E-state index contributed by atoms with van der Waals surface area (Å²) in [6.07, 6.45) is 0. The first kappa shape index (κ1) is 23.1. The molecule has 7 nitrogen and oxygen atoms in total. The SMILES string of the molecule is CCOC(=O)C1=C(CN2CCN(c3cccc(Cl)c3)CC2)NC(=O)N[C@H]1c1cccc(F)c1. The molecule has 2 amide bonds. The maximum atomic E-state index is 13.9. The van der Waals surface area contributed by atoms with Gasteiger partial charge in [-0.15, -0.1) is 0 Å². The maximum Gasteiger partial charge on any atom is 0.338 e. The molecule has 0 saturated carbocycles. The fraction of sp³-hybridized carbons (Fsp3) is 0.333. The third-order valence-electron chi connectivity index (χ3n) is 5.76. The van der Waals surface area contributed by atoms with Crippen LogP contribution in [0.15, 0.2) is 59.8 Å². The van der Waals surface area contributed by atoms with Gasteiger partial charge in [0.1, 0.15) is 5.82 Å². The van der Waals surface area contributed by atoms with E-state index in [4.69, 9.17) is 16.3 Å². The van der Waals surface area contributed by atoms with Crippen LogP contribution in [-0.4, -0.2) is 56.2 Å². The number of carbonyl (C=O) groups is 2. The molecule has 0 aromatic heterocycles. The third-order valence-corrected chi connectivity index (χ3v) is 5.99. The summed E-state index contributed by atoms with van der Waals surface area (Å²) in [5, 5.41) is 6.21. The molecule has 33 heavy (non-hydrogen) atoms. The van der Waals surface area contributed by atoms with Crippen molar-refractivity contribution in [2.24, 2.45) is 0 Å². The summed E-state index contributed by atoms with van der Waals surface area (Å²) in [4.78, 5) is 29.7. The van der Waals surface area contributed by atoms with Crippen molar-refractivity contribution in [3.05, 3.63) is 76.2 Å². The van der Waals surface area contributed by atoms with Gasteiger partial charge in [-0.1, -0.05) is 29.8 Å². The number of benzene rings is 2. The van der Waals surface area contributed by atoms with Gasteiger partial charge in [0.2, 0.25) is 0 Å². The Morgan fingerprint density at radius 1 is 1.15 bits per heavy atom. The van der Waals surface area contributed by atoms with Gasteiger partial charge in [-0.25, -0.2) is 14.0 Å². The van der Waals surface area contributed by atoms with Gasteiger partial charge in [-0.3, -0.25) is 4.90 Å². The highest BCUT2D eigenvalue weighted by Gasteiger charge is 2.34. The topological polar surface area (TPSA) is 73.9 Å². The number of ether oxygens (including phenoxy) is 1. The average Bonchev–Trinajstić information content (AvgIpc) is 2.79. The average molecular weight is 473 g/mol. The van der Waals surface area contributed by atoms with Gasteiger partial charge in [0, 0.05) is 49.1 Å². The van der Waals surface area contributed by atoms with Crippen molar-refractivity contribution in [3.63, 3.8) is 0 Å². The lowest BCUT2D eigenvalue weighted by Crippen LogP contribution is -2.51. The molecule has 1 atom stereocenters. The summed E-state index contributed by atoms with van der Waals surface area (Å²) < 4.78 is 19.2. The molecule has 174 valence electrons. The number of urea groups is 1. The molecule has 1 fully saturated rings. The molecule has 0 unspecified atom stereocenters. The summed E-state index contributed by atoms with van der Waals surface area (Å²) in [7, 11) is 0. The van der Waals surface area contributed by atoms with Gasteiger partial charge >= 0.3 is 12.0 Å². The van der Waals surface area contributed by atoms with Crippen molar-refractivity contribution in [1.29, 1.82) is 0 Å². The van der Waals surface area contributed by atoms with Crippen LogP contribution in [0.1, 0.15) is 18.5 Å². The lowest BCUT2D eigenvalue weighted by Gasteiger charge is -2.38. The van der Waals surface area contributed by atoms with E-state index in [2.05, 4.69) is 20.4 Å². The molecule has 1 saturated heterocycles. The Kier molecular flexibility index (Phi) is 7.15. The fourth-order valence-electron chi connectivity index (χ4n) is 4.19. The number of nitrogens with one attached hydrogen (secondary N) is 2. The van der Waals surface area contributed by atoms with E-state index in [0.717, 1.165) is 31.9 Å². The number of amides is 2. The van der Waals surface area contributed by atoms with E-state index in [1.807, 2.05) is 24.3 Å². The van der Waals surface area contributed by atoms with Gasteiger partial charge in [-0.2, -0.15) is 0 Å². The molecule has 2 aliphatic rings. The van der Waals surface area contributed by atoms with Gasteiger partial charge in [-0.05, 0) is 42.8 Å². The summed E-state index contributed by atoms with van der Waals surface area (Å²) in [5.74, 6) is -0.978. The summed E-state index contributed by atoms with van der Waals surface area (Å²) in [6, 6.07) is 12.4. The van der Waals surface area contributed by atoms with Gasteiger partial charge < -0.3 is 20.3 Å². The maximum absolute atomic E-state index is 13.9. The fourth-order valence-corrected chi connectivity index (χ4v) is 4.37. The van der Waals surface area contributed by atoms with Crippen molar-refractivity contribution in [1.82, 2.24) is 15.5 Å². The van der Waals surface area contributed by atoms with Crippen LogP contribution in [0, 0.1) is 5.82 Å². The second-order valence-electron chi connectivity index (χ2n) is 7.94. The van der Waals surface area contributed by atoms with Crippen molar-refractivity contribution in [2.45, 2.75) is 13.0 Å². The lowest BCUT2D eigenvalue weighted by molar-refractivity contribution is -0.139. The van der Waals surface area contributed by atoms with Crippen LogP contribution in [0.3, 0.4) is 0 Å². The largest absolute Gasteiger partial charge is 0.463 e. The Bertz CT molecular complexity index is 1070. The van der Waals surface area contributed by atoms with Crippen LogP contribution in [0.4, 0.5) is 14.9 Å². The van der Waals surface area contributed by atoms with E-state index >= 15 is 0 Å². The van der Waals surface area contributed by atoms with Crippen molar-refractivity contribution < 1.29 is 18.7 Å². The molecule has 0 spiro atoms. The predicted molar refractivity (Wildman–Crippen MR) is 125 cm³/mol. The Balaban J connectivity index is 1.56. The molecular formula is C24H26ClFN4O3. The van der Waals surface area contributed by atoms with Crippen LogP contribution >= 0.6 is 11.6 Å². The third kappa shape index (κ3) is 5.46. The number of rotatable bonds is 6. The number of halogens is 2. The van der Waals surface area contributed by atoms with Crippen molar-refractivity contribution >= 4 is 29.3 Å². The van der Waals surface area contributed by atoms with Gasteiger partial charge in [0.25, 0.3) is 0 Å². The standard InChI is InChI=1S/C24H26ClFN4O3/c1-2-33-23(31)21-20(27-24(32)28-22(21)16-5-3-7-18(26)13-16)15-29-9-11-30(12-10-29)19-8-4-6-17(25)14-19/h3-8,13-14,22H,2,9-12,15H2,1H3,(H2,27,28,32)/t22-/m0/s1. The van der Waals surface area contributed by atoms with Crippen molar-refractivity contribution in [3.8, 4) is 0 Å². The van der Waals surface area contributed by atoms with Crippen molar-refractivity contribution in [2.75, 3.05) is 44.2 Å². The first-order valence-corrected chi connectivity index (χ1v) is 11.3. The molecule has 2 aliphatic heterocycles. The zero-order valence-corrected chi connectivity index (χ0v) is 19.1. The highest BCUT2D eigenvalue weighted by Crippen LogP contribution is 2.29. The Morgan fingerprint density at radius 2 is 1.91 bits per heavy atom. The molecule has 2 aromatic carbocycles. The zero-order valence-electron chi connectivity index (χ0n) is 18.3. The minimum atomic E-state index is -0.795. The highest BCUT2D eigenvalue weighted by atomic mass is 35.5. The first-order valence-electron chi connectivity index (χ1n) is 10.9. The molecule has 0 radical (unpaired) electrons. The number of hydrogen-bond donors (Lipinski definition) is 2. The second kappa shape index (κ2) is 10.2. The van der Waals surface area contributed by atoms with Crippen LogP contribution in [0.2, 0.25) is 5.02 Å². The highest BCUT2D eigenvalue weighted by molar-refractivity contribution is 6.30. The predicted octanol–water partition coefficient (Wildman–Crippen LogP) is 3.47. The lowest BCUT2D eigenvalue weighted by atomic mass is 9.94. The molecule has 0 aliphatic carbocycles. The molecule has 0 bridgehead atoms. The van der Waals surface area contributed by atoms with Crippen LogP contribution in [0.5, 0.6) is 0 Å². The Hall–Kier alpha value is -3.10. The Labute approximate surface area is 197 Å². The minimum absolute atomic E-state index is 0.192. The number of hydrogen-bond acceptors (Lipinski definition) is 5. The number of esters is 1. The molecule has 9 heteroatoms. The number of nitrogens with zero attached hydrogens (tertiary/aromatic N) is 2. The van der Waals surface area contributed by atoms with E-state index in [0.29, 0.717) is 28.4 Å². The van der Waals surface area contributed by atoms with E-state index in [9.17, 15) is 14.0 Å². The Morgan fingerprint density at radius 3 is 2.61 bits per heavy atom. The molecule has 2 heterocycles. The number of anilines is 1. The summed E-state index contributed by atoms with van der Waals surface area (Å²) in [5.41, 5.74) is 2.31. The van der Waals surface area contributed by atoms with Crippen LogP contribution in [-0.2, 0) is 9.53 Å². The van der Waals surface area contributed by atoms with E-state index in [1.54, 1.807) is 19.1 Å². The van der Waals surface area contributed by atoms with Gasteiger partial charge in [0.05, 0.1) is 18.2 Å². The smallest absolute Gasteiger partial charge is 0.338 e. The molecule has 4 rings (SSSR count). The summed E-state index contributed by atoms with van der Waals surface area (Å²) in [6.45, 7) is 5.32. The normalized spacial score (nSPS) is 19.2. The van der Waals surface area contributed by atoms with Crippen LogP contribution < -0.4 is 15.5 Å². The van der Waals surface area contributed by atoms with E-state index < -0.39 is 23.9 Å². The van der Waals surface area contributed by atoms with E-state index in [1.165, 1.54) is 12.1 Å². The second-order valence-corrected chi connectivity index (χ2v) is 8.38. The molecule has 2 aromatic rings. The quantitative estimate of drug-likeness (QED) is 0.630. The minimum Gasteiger partial charge on any atom is -0.463 e. The number of piperazine rings is 1. The summed E-state index contributed by atoms with van der Waals surface area (Å²) >= 11 is 6.12.